The number of aromatic hydroxyl groups is 1. The highest BCUT2D eigenvalue weighted by Gasteiger charge is 2.69. The molecule has 6 atom stereocenters. The third-order valence-electron chi connectivity index (χ3n) is 7.78. The third-order valence-corrected chi connectivity index (χ3v) is 7.78. The van der Waals surface area contributed by atoms with E-state index in [1.165, 1.54) is 18.1 Å². The summed E-state index contributed by atoms with van der Waals surface area (Å²) in [6, 6.07) is 0.276. The van der Waals surface area contributed by atoms with Crippen LogP contribution in [0.4, 0.5) is 0 Å². The Labute approximate surface area is 208 Å². The lowest BCUT2D eigenvalue weighted by Gasteiger charge is -2.52. The van der Waals surface area contributed by atoms with Gasteiger partial charge in [0.05, 0.1) is 24.6 Å². The number of benzene rings is 1. The fourth-order valence-corrected chi connectivity index (χ4v) is 6.43. The van der Waals surface area contributed by atoms with E-state index in [-0.39, 0.29) is 24.2 Å². The van der Waals surface area contributed by atoms with Crippen LogP contribution in [0.1, 0.15) is 27.9 Å². The molecule has 2 fully saturated rings. The molecule has 11 nitrogen and oxygen atoms in total. The van der Waals surface area contributed by atoms with Crippen LogP contribution < -0.4 is 10.5 Å². The fourth-order valence-electron chi connectivity index (χ4n) is 6.43. The van der Waals surface area contributed by atoms with Gasteiger partial charge in [0.15, 0.2) is 34.7 Å². The molecule has 0 bridgehead atoms. The van der Waals surface area contributed by atoms with Crippen LogP contribution in [0, 0.1) is 23.7 Å². The number of rotatable bonds is 5. The summed E-state index contributed by atoms with van der Waals surface area (Å²) in [4.78, 5) is 69.2. The van der Waals surface area contributed by atoms with Gasteiger partial charge in [-0.25, -0.2) is 0 Å². The summed E-state index contributed by atoms with van der Waals surface area (Å²) in [5.74, 6) is -10.3. The molecular weight excluding hydrogens is 470 g/mol. The molecule has 2 saturated carbocycles. The zero-order chi connectivity index (χ0) is 26.9. The normalized spacial score (nSPS) is 31.8. The number of primary amides is 1. The number of Topliss-reactive ketones (excluding diaryl/α,β-unsaturated/α-hetero) is 4. The van der Waals surface area contributed by atoms with E-state index in [9.17, 15) is 34.2 Å². The second kappa shape index (κ2) is 8.75. The van der Waals surface area contributed by atoms with Crippen molar-refractivity contribution in [2.45, 2.75) is 31.0 Å². The molecule has 0 aliphatic heterocycles. The van der Waals surface area contributed by atoms with Crippen LogP contribution in [-0.2, 0) is 32.1 Å². The van der Waals surface area contributed by atoms with E-state index in [2.05, 4.69) is 0 Å². The van der Waals surface area contributed by atoms with Gasteiger partial charge in [-0.15, -0.1) is 0 Å². The molecule has 4 rings (SSSR count). The van der Waals surface area contributed by atoms with E-state index in [0.717, 1.165) is 0 Å². The standard InChI is InChI=1S/C25H31N3O8/c1-27(2)9-11-8-14(29)16-12(21(11)36-5)6-10-7-13-18(28(3)4)20(31)17(24(26)34)23(33)25(13,35)22(32)15(10)19(16)30/h8,10,13,15,17-18,29,35H,6-7,9H2,1-5H3,(H2,26,34)/t10-,13-,15?,17?,18-,25-/m0/s1. The molecule has 0 radical (unpaired) electrons. The zero-order valence-electron chi connectivity index (χ0n) is 20.9. The molecule has 2 unspecified atom stereocenters. The van der Waals surface area contributed by atoms with Crippen molar-refractivity contribution in [2.24, 2.45) is 29.4 Å². The maximum atomic E-state index is 13.8. The smallest absolute Gasteiger partial charge is 0.235 e. The maximum absolute atomic E-state index is 13.8. The van der Waals surface area contributed by atoms with Crippen LogP contribution in [0.3, 0.4) is 0 Å². The minimum atomic E-state index is -2.73. The molecule has 0 aromatic heterocycles. The van der Waals surface area contributed by atoms with Crippen molar-refractivity contribution in [3.8, 4) is 11.5 Å². The Bertz CT molecular complexity index is 1190. The summed E-state index contributed by atoms with van der Waals surface area (Å²) in [5.41, 5.74) is 3.61. The number of amides is 1. The molecule has 3 aliphatic rings. The fraction of sp³-hybridized carbons (Fsp3) is 0.560. The number of phenols is 1. The highest BCUT2D eigenvalue weighted by Crippen LogP contribution is 2.52. The summed E-state index contributed by atoms with van der Waals surface area (Å²) in [6.45, 7) is 0.424. The molecule has 0 heterocycles. The zero-order valence-corrected chi connectivity index (χ0v) is 20.9. The number of nitrogens with two attached hydrogens (primary N) is 1. The molecule has 4 N–H and O–H groups in total. The predicted molar refractivity (Wildman–Crippen MR) is 125 cm³/mol. The minimum absolute atomic E-state index is 0.00821. The molecular formula is C25H31N3O8. The highest BCUT2D eigenvalue weighted by molar-refractivity contribution is 6.32. The van der Waals surface area contributed by atoms with E-state index in [1.54, 1.807) is 14.1 Å². The average molecular weight is 502 g/mol. The summed E-state index contributed by atoms with van der Waals surface area (Å²) >= 11 is 0. The van der Waals surface area contributed by atoms with Crippen LogP contribution in [0.25, 0.3) is 0 Å². The van der Waals surface area contributed by atoms with Crippen LogP contribution in [0.5, 0.6) is 11.5 Å². The van der Waals surface area contributed by atoms with Crippen LogP contribution in [0.2, 0.25) is 0 Å². The first-order chi connectivity index (χ1) is 16.8. The van der Waals surface area contributed by atoms with Crippen LogP contribution in [-0.4, -0.2) is 96.0 Å². The van der Waals surface area contributed by atoms with Crippen molar-refractivity contribution < 1.29 is 38.9 Å². The summed E-state index contributed by atoms with van der Waals surface area (Å²) in [5, 5.41) is 22.4. The molecule has 1 amide bonds. The van der Waals surface area contributed by atoms with Gasteiger partial charge in [0, 0.05) is 23.6 Å². The number of ether oxygens (including phenoxy) is 1. The van der Waals surface area contributed by atoms with Gasteiger partial charge < -0.3 is 25.6 Å². The third kappa shape index (κ3) is 3.48. The molecule has 1 aromatic rings. The van der Waals surface area contributed by atoms with Crippen molar-refractivity contribution in [1.29, 1.82) is 0 Å². The van der Waals surface area contributed by atoms with Gasteiger partial charge in [-0.2, -0.15) is 0 Å². The lowest BCUT2D eigenvalue weighted by Crippen LogP contribution is -2.74. The molecule has 11 heteroatoms. The second-order valence-electron chi connectivity index (χ2n) is 10.5. The average Bonchev–Trinajstić information content (AvgIpc) is 2.75. The van der Waals surface area contributed by atoms with Crippen molar-refractivity contribution >= 4 is 29.0 Å². The van der Waals surface area contributed by atoms with Gasteiger partial charge in [-0.05, 0) is 53.0 Å². The molecule has 1 aromatic carbocycles. The first kappa shape index (κ1) is 25.9. The van der Waals surface area contributed by atoms with Gasteiger partial charge in [0.1, 0.15) is 11.5 Å². The maximum Gasteiger partial charge on any atom is 0.235 e. The van der Waals surface area contributed by atoms with Gasteiger partial charge in [-0.1, -0.05) is 0 Å². The number of likely N-dealkylation sites (N-methyl/N-ethyl adjacent to an activating group) is 1. The Hall–Kier alpha value is -3.15. The number of hydrogen-bond donors (Lipinski definition) is 3. The minimum Gasteiger partial charge on any atom is -0.507 e. The van der Waals surface area contributed by atoms with Crippen molar-refractivity contribution in [2.75, 3.05) is 35.3 Å². The Morgan fingerprint density at radius 1 is 1.17 bits per heavy atom. The topological polar surface area (TPSA) is 168 Å². The summed E-state index contributed by atoms with van der Waals surface area (Å²) < 4.78 is 5.62. The van der Waals surface area contributed by atoms with Gasteiger partial charge in [0.2, 0.25) is 5.91 Å². The molecule has 0 saturated heterocycles. The monoisotopic (exact) mass is 501 g/mol. The number of hydrogen-bond acceptors (Lipinski definition) is 10. The van der Waals surface area contributed by atoms with Gasteiger partial charge >= 0.3 is 0 Å². The Kier molecular flexibility index (Phi) is 6.30. The Balaban J connectivity index is 1.88. The lowest BCUT2D eigenvalue weighted by atomic mass is 9.52. The van der Waals surface area contributed by atoms with Crippen LogP contribution >= 0.6 is 0 Å². The Morgan fingerprint density at radius 2 is 1.81 bits per heavy atom. The van der Waals surface area contributed by atoms with E-state index in [4.69, 9.17) is 10.5 Å². The number of carbonyl (C=O) groups is 5. The molecule has 194 valence electrons. The number of fused-ring (bicyclic) bond motifs is 3. The van der Waals surface area contributed by atoms with Gasteiger partial charge in [-0.3, -0.25) is 28.9 Å². The lowest BCUT2D eigenvalue weighted by molar-refractivity contribution is -0.181. The molecule has 0 spiro atoms. The van der Waals surface area contributed by atoms with E-state index < -0.39 is 64.4 Å². The molecule has 3 aliphatic carbocycles. The van der Waals surface area contributed by atoms with Crippen LogP contribution in [0.15, 0.2) is 6.07 Å². The summed E-state index contributed by atoms with van der Waals surface area (Å²) in [7, 11) is 8.23. The number of aliphatic hydroxyl groups is 1. The quantitative estimate of drug-likeness (QED) is 0.423. The first-order valence-electron chi connectivity index (χ1n) is 11.7. The largest absolute Gasteiger partial charge is 0.507 e. The number of ketones is 4. The van der Waals surface area contributed by atoms with Crippen molar-refractivity contribution in [3.05, 3.63) is 22.8 Å². The number of nitrogens with zero attached hydrogens (tertiary/aromatic N) is 2. The molecule has 36 heavy (non-hydrogen) atoms. The van der Waals surface area contributed by atoms with E-state index in [0.29, 0.717) is 23.4 Å². The van der Waals surface area contributed by atoms with Crippen molar-refractivity contribution in [3.63, 3.8) is 0 Å². The number of methoxy groups -OCH3 is 1. The highest BCUT2D eigenvalue weighted by atomic mass is 16.5. The Morgan fingerprint density at radius 3 is 2.33 bits per heavy atom. The number of phenolic OH excluding ortho intramolecular Hbond substituents is 1. The second-order valence-corrected chi connectivity index (χ2v) is 10.5. The van der Waals surface area contributed by atoms with E-state index in [1.807, 2.05) is 19.0 Å². The number of carbonyl (C=O) groups excluding carboxylic acids is 5. The summed E-state index contributed by atoms with van der Waals surface area (Å²) in [6.07, 6.45) is 0.148. The SMILES string of the molecule is COc1c(CN(C)C)cc(O)c2c1C[C@H]1C[C@H]3[C@H](N(C)C)C(=O)C(C(N)=O)C(=O)[C@@]3(O)C(=O)C1C2=O. The van der Waals surface area contributed by atoms with E-state index >= 15 is 0 Å². The predicted octanol–water partition coefficient (Wildman–Crippen LogP) is -1.06. The first-order valence-corrected chi connectivity index (χ1v) is 11.7. The van der Waals surface area contributed by atoms with Crippen molar-refractivity contribution in [1.82, 2.24) is 9.80 Å². The van der Waals surface area contributed by atoms with Gasteiger partial charge in [0.25, 0.3) is 0 Å².